The second-order valence-electron chi connectivity index (χ2n) is 4.40. The van der Waals surface area contributed by atoms with E-state index in [1.807, 2.05) is 0 Å². The zero-order valence-electron chi connectivity index (χ0n) is 10.9. The van der Waals surface area contributed by atoms with Crippen LogP contribution in [0.4, 0.5) is 8.78 Å². The lowest BCUT2D eigenvalue weighted by Crippen LogP contribution is -2.16. The molecule has 0 aliphatic heterocycles. The topological polar surface area (TPSA) is 35.2 Å². The van der Waals surface area contributed by atoms with Gasteiger partial charge in [-0.1, -0.05) is 28.1 Å². The third-order valence-corrected chi connectivity index (χ3v) is 3.80. The third kappa shape index (κ3) is 3.16. The van der Waals surface area contributed by atoms with E-state index in [2.05, 4.69) is 15.9 Å². The van der Waals surface area contributed by atoms with Crippen LogP contribution in [-0.2, 0) is 6.42 Å². The summed E-state index contributed by atoms with van der Waals surface area (Å²) >= 11 is 3.28. The van der Waals surface area contributed by atoms with Gasteiger partial charge in [-0.15, -0.1) is 0 Å². The molecule has 2 nitrogen and oxygen atoms in total. The van der Waals surface area contributed by atoms with Gasteiger partial charge in [-0.2, -0.15) is 0 Å². The molecule has 0 aromatic heterocycles. The molecule has 0 aliphatic rings. The second-order valence-corrected chi connectivity index (χ2v) is 5.26. The maximum atomic E-state index is 13.9. The van der Waals surface area contributed by atoms with E-state index in [-0.39, 0.29) is 5.82 Å². The largest absolute Gasteiger partial charge is 0.496 e. The second kappa shape index (κ2) is 6.33. The Hall–Kier alpha value is -1.46. The third-order valence-electron chi connectivity index (χ3n) is 3.06. The number of rotatable bonds is 4. The van der Waals surface area contributed by atoms with Crippen molar-refractivity contribution in [3.8, 4) is 5.75 Å². The molecular formula is C15H14BrF2NO. The van der Waals surface area contributed by atoms with Gasteiger partial charge in [-0.25, -0.2) is 8.78 Å². The summed E-state index contributed by atoms with van der Waals surface area (Å²) in [6.07, 6.45) is 0.373. The predicted octanol–water partition coefficient (Wildman–Crippen LogP) is 3.98. The predicted molar refractivity (Wildman–Crippen MR) is 77.7 cm³/mol. The van der Waals surface area contributed by atoms with Crippen molar-refractivity contribution in [2.45, 2.75) is 12.5 Å². The number of methoxy groups -OCH3 is 1. The van der Waals surface area contributed by atoms with Gasteiger partial charge in [0, 0.05) is 16.1 Å². The molecule has 2 aromatic carbocycles. The summed E-state index contributed by atoms with van der Waals surface area (Å²) in [6, 6.07) is 8.35. The van der Waals surface area contributed by atoms with E-state index >= 15 is 0 Å². The molecule has 2 aromatic rings. The van der Waals surface area contributed by atoms with E-state index in [1.165, 1.54) is 25.3 Å². The summed E-state index contributed by atoms with van der Waals surface area (Å²) < 4.78 is 32.7. The van der Waals surface area contributed by atoms with Gasteiger partial charge in [0.1, 0.15) is 17.4 Å². The maximum absolute atomic E-state index is 13.9. The minimum absolute atomic E-state index is 0.325. The molecule has 0 spiro atoms. The monoisotopic (exact) mass is 341 g/mol. The molecule has 5 heteroatoms. The maximum Gasteiger partial charge on any atom is 0.131 e. The molecule has 0 heterocycles. The van der Waals surface area contributed by atoms with Crippen molar-refractivity contribution in [3.63, 3.8) is 0 Å². The SMILES string of the molecule is COc1cccc(F)c1C(N)Cc1ccc(F)cc1Br. The lowest BCUT2D eigenvalue weighted by atomic mass is 9.98. The van der Waals surface area contributed by atoms with Crippen LogP contribution >= 0.6 is 15.9 Å². The van der Waals surface area contributed by atoms with E-state index < -0.39 is 11.9 Å². The Bertz CT molecular complexity index is 619. The standard InChI is InChI=1S/C15H14BrF2NO/c1-20-14-4-2-3-12(18)15(14)13(19)7-9-5-6-10(17)8-11(9)16/h2-6,8,13H,7,19H2,1H3. The molecule has 1 atom stereocenters. The summed E-state index contributed by atoms with van der Waals surface area (Å²) in [7, 11) is 1.47. The highest BCUT2D eigenvalue weighted by atomic mass is 79.9. The highest BCUT2D eigenvalue weighted by Crippen LogP contribution is 2.30. The van der Waals surface area contributed by atoms with Gasteiger partial charge in [0.25, 0.3) is 0 Å². The minimum Gasteiger partial charge on any atom is -0.496 e. The van der Waals surface area contributed by atoms with Crippen molar-refractivity contribution in [2.75, 3.05) is 7.11 Å². The number of nitrogens with two attached hydrogens (primary N) is 1. The first-order valence-electron chi connectivity index (χ1n) is 6.05. The summed E-state index contributed by atoms with van der Waals surface area (Å²) in [5.41, 5.74) is 7.21. The highest BCUT2D eigenvalue weighted by molar-refractivity contribution is 9.10. The summed E-state index contributed by atoms with van der Waals surface area (Å²) in [5.74, 6) is -0.330. The van der Waals surface area contributed by atoms with Crippen LogP contribution < -0.4 is 10.5 Å². The first-order chi connectivity index (χ1) is 9.52. The van der Waals surface area contributed by atoms with Gasteiger partial charge in [0.15, 0.2) is 0 Å². The lowest BCUT2D eigenvalue weighted by Gasteiger charge is -2.17. The number of hydrogen-bond donors (Lipinski definition) is 1. The lowest BCUT2D eigenvalue weighted by molar-refractivity contribution is 0.398. The first-order valence-corrected chi connectivity index (χ1v) is 6.84. The fourth-order valence-electron chi connectivity index (χ4n) is 2.08. The van der Waals surface area contributed by atoms with Crippen LogP contribution in [0, 0.1) is 11.6 Å². The Morgan fingerprint density at radius 1 is 1.25 bits per heavy atom. The van der Waals surface area contributed by atoms with Crippen molar-refractivity contribution in [3.05, 3.63) is 63.6 Å². The molecule has 0 radical (unpaired) electrons. The zero-order chi connectivity index (χ0) is 14.7. The van der Waals surface area contributed by atoms with E-state index in [0.717, 1.165) is 5.56 Å². The van der Waals surface area contributed by atoms with Crippen LogP contribution in [-0.4, -0.2) is 7.11 Å². The van der Waals surface area contributed by atoms with Crippen LogP contribution in [0.25, 0.3) is 0 Å². The molecule has 106 valence electrons. The van der Waals surface area contributed by atoms with Crippen molar-refractivity contribution in [1.29, 1.82) is 0 Å². The molecule has 20 heavy (non-hydrogen) atoms. The van der Waals surface area contributed by atoms with Crippen LogP contribution in [0.3, 0.4) is 0 Å². The van der Waals surface area contributed by atoms with E-state index in [9.17, 15) is 8.78 Å². The molecule has 0 saturated heterocycles. The van der Waals surface area contributed by atoms with Gasteiger partial charge < -0.3 is 10.5 Å². The highest BCUT2D eigenvalue weighted by Gasteiger charge is 2.18. The smallest absolute Gasteiger partial charge is 0.131 e. The summed E-state index contributed by atoms with van der Waals surface area (Å²) in [6.45, 7) is 0. The summed E-state index contributed by atoms with van der Waals surface area (Å²) in [4.78, 5) is 0. The Balaban J connectivity index is 2.30. The zero-order valence-corrected chi connectivity index (χ0v) is 12.5. The Morgan fingerprint density at radius 2 is 2.00 bits per heavy atom. The average molecular weight is 342 g/mol. The molecule has 0 bridgehead atoms. The Morgan fingerprint density at radius 3 is 2.65 bits per heavy atom. The fourth-order valence-corrected chi connectivity index (χ4v) is 2.59. The number of ether oxygens (including phenoxy) is 1. The van der Waals surface area contributed by atoms with Crippen LogP contribution in [0.15, 0.2) is 40.9 Å². The number of halogens is 3. The summed E-state index contributed by atoms with van der Waals surface area (Å²) in [5, 5.41) is 0. The normalized spacial score (nSPS) is 12.2. The van der Waals surface area contributed by atoms with Crippen molar-refractivity contribution in [1.82, 2.24) is 0 Å². The quantitative estimate of drug-likeness (QED) is 0.912. The van der Waals surface area contributed by atoms with Crippen LogP contribution in [0.1, 0.15) is 17.2 Å². The van der Waals surface area contributed by atoms with E-state index in [4.69, 9.17) is 10.5 Å². The van der Waals surface area contributed by atoms with Gasteiger partial charge in [-0.05, 0) is 36.2 Å². The molecule has 2 N–H and O–H groups in total. The van der Waals surface area contributed by atoms with Crippen molar-refractivity contribution in [2.24, 2.45) is 5.73 Å². The van der Waals surface area contributed by atoms with Gasteiger partial charge >= 0.3 is 0 Å². The van der Waals surface area contributed by atoms with Gasteiger partial charge in [0.05, 0.1) is 7.11 Å². The molecular weight excluding hydrogens is 328 g/mol. The first kappa shape index (κ1) is 14.9. The molecule has 0 aliphatic carbocycles. The molecule has 0 saturated carbocycles. The molecule has 0 amide bonds. The van der Waals surface area contributed by atoms with Crippen LogP contribution in [0.2, 0.25) is 0 Å². The van der Waals surface area contributed by atoms with E-state index in [0.29, 0.717) is 22.2 Å². The van der Waals surface area contributed by atoms with Gasteiger partial charge in [-0.3, -0.25) is 0 Å². The van der Waals surface area contributed by atoms with Gasteiger partial charge in [0.2, 0.25) is 0 Å². The fraction of sp³-hybridized carbons (Fsp3) is 0.200. The number of benzene rings is 2. The number of hydrogen-bond acceptors (Lipinski definition) is 2. The van der Waals surface area contributed by atoms with E-state index in [1.54, 1.807) is 18.2 Å². The molecule has 2 rings (SSSR count). The Kier molecular flexibility index (Phi) is 4.73. The van der Waals surface area contributed by atoms with Crippen LogP contribution in [0.5, 0.6) is 5.75 Å². The molecule has 0 fully saturated rings. The molecule has 1 unspecified atom stereocenters. The Labute approximate surface area is 124 Å². The average Bonchev–Trinajstić information content (AvgIpc) is 2.41. The van der Waals surface area contributed by atoms with Crippen molar-refractivity contribution < 1.29 is 13.5 Å². The van der Waals surface area contributed by atoms with Crippen molar-refractivity contribution >= 4 is 15.9 Å². The minimum atomic E-state index is -0.576.